The first-order chi connectivity index (χ1) is 7.20. The van der Waals surface area contributed by atoms with Crippen LogP contribution in [0.15, 0.2) is 18.2 Å². The number of alkyl halides is 3. The third kappa shape index (κ3) is 2.02. The van der Waals surface area contributed by atoms with Crippen LogP contribution in [0.1, 0.15) is 23.6 Å². The van der Waals surface area contributed by atoms with E-state index in [1.807, 2.05) is 0 Å². The molecular formula is C11H10F3NO. The molecule has 0 bridgehead atoms. The van der Waals surface area contributed by atoms with Gasteiger partial charge in [-0.1, -0.05) is 6.07 Å². The minimum atomic E-state index is -4.77. The smallest absolute Gasteiger partial charge is 0.376 e. The molecule has 1 unspecified atom stereocenters. The van der Waals surface area contributed by atoms with Gasteiger partial charge in [-0.3, -0.25) is 0 Å². The summed E-state index contributed by atoms with van der Waals surface area (Å²) in [6, 6.07) is 5.59. The van der Waals surface area contributed by atoms with E-state index < -0.39 is 11.8 Å². The molecule has 5 heteroatoms. The molecule has 0 saturated carbocycles. The Morgan fingerprint density at radius 3 is 2.31 bits per heavy atom. The van der Waals surface area contributed by atoms with E-state index in [4.69, 9.17) is 5.26 Å². The Kier molecular flexibility index (Phi) is 2.97. The molecule has 2 nitrogen and oxygen atoms in total. The SMILES string of the molecule is Cc1ccc(C#N)cc1C(C)(O)C(F)(F)F. The van der Waals surface area contributed by atoms with Crippen molar-refractivity contribution in [2.75, 3.05) is 0 Å². The Balaban J connectivity index is 3.39. The van der Waals surface area contributed by atoms with Gasteiger partial charge < -0.3 is 5.11 Å². The normalized spacial score (nSPS) is 15.3. The van der Waals surface area contributed by atoms with Crippen LogP contribution in [-0.2, 0) is 5.60 Å². The molecule has 0 amide bonds. The standard InChI is InChI=1S/C11H10F3NO/c1-7-3-4-8(6-15)5-9(7)10(2,16)11(12,13)14/h3-5,16H,1-2H3. The van der Waals surface area contributed by atoms with Crippen LogP contribution >= 0.6 is 0 Å². The van der Waals surface area contributed by atoms with E-state index in [9.17, 15) is 18.3 Å². The van der Waals surface area contributed by atoms with E-state index in [1.165, 1.54) is 19.1 Å². The second-order valence-electron chi connectivity index (χ2n) is 3.71. The van der Waals surface area contributed by atoms with Crippen LogP contribution in [0.3, 0.4) is 0 Å². The van der Waals surface area contributed by atoms with Crippen molar-refractivity contribution in [1.29, 1.82) is 5.26 Å². The van der Waals surface area contributed by atoms with Gasteiger partial charge in [0.2, 0.25) is 0 Å². The molecule has 0 fully saturated rings. The zero-order valence-electron chi connectivity index (χ0n) is 8.76. The van der Waals surface area contributed by atoms with E-state index in [1.54, 1.807) is 6.07 Å². The van der Waals surface area contributed by atoms with Crippen molar-refractivity contribution in [2.24, 2.45) is 0 Å². The zero-order valence-corrected chi connectivity index (χ0v) is 8.76. The third-order valence-electron chi connectivity index (χ3n) is 2.44. The number of aliphatic hydroxyl groups is 1. The Hall–Kier alpha value is -1.54. The summed E-state index contributed by atoms with van der Waals surface area (Å²) in [5, 5.41) is 18.1. The number of rotatable bonds is 1. The number of hydrogen-bond acceptors (Lipinski definition) is 2. The fourth-order valence-electron chi connectivity index (χ4n) is 1.37. The van der Waals surface area contributed by atoms with E-state index in [-0.39, 0.29) is 11.1 Å². The van der Waals surface area contributed by atoms with Crippen molar-refractivity contribution in [2.45, 2.75) is 25.6 Å². The quantitative estimate of drug-likeness (QED) is 0.804. The van der Waals surface area contributed by atoms with E-state index in [0.717, 1.165) is 6.07 Å². The lowest BCUT2D eigenvalue weighted by Gasteiger charge is -2.28. The van der Waals surface area contributed by atoms with Crippen LogP contribution in [0, 0.1) is 18.3 Å². The zero-order chi connectivity index (χ0) is 12.6. The van der Waals surface area contributed by atoms with E-state index >= 15 is 0 Å². The molecule has 1 rings (SSSR count). The molecule has 0 aliphatic rings. The maximum atomic E-state index is 12.6. The summed E-state index contributed by atoms with van der Waals surface area (Å²) < 4.78 is 37.8. The summed E-state index contributed by atoms with van der Waals surface area (Å²) in [6.45, 7) is 2.13. The molecule has 1 atom stereocenters. The monoisotopic (exact) mass is 229 g/mol. The molecule has 0 aliphatic heterocycles. The molecule has 1 aromatic rings. The van der Waals surface area contributed by atoms with Gasteiger partial charge in [0.25, 0.3) is 0 Å². The average molecular weight is 229 g/mol. The molecule has 0 aromatic heterocycles. The van der Waals surface area contributed by atoms with Crippen molar-refractivity contribution < 1.29 is 18.3 Å². The Bertz CT molecular complexity index is 444. The number of aryl methyl sites for hydroxylation is 1. The first-order valence-corrected chi connectivity index (χ1v) is 4.50. The van der Waals surface area contributed by atoms with Crippen LogP contribution in [0.4, 0.5) is 13.2 Å². The molecule has 16 heavy (non-hydrogen) atoms. The van der Waals surface area contributed by atoms with Crippen LogP contribution in [0.5, 0.6) is 0 Å². The first-order valence-electron chi connectivity index (χ1n) is 4.50. The second-order valence-corrected chi connectivity index (χ2v) is 3.71. The summed E-state index contributed by atoms with van der Waals surface area (Å²) in [7, 11) is 0. The molecular weight excluding hydrogens is 219 g/mol. The molecule has 0 radical (unpaired) electrons. The van der Waals surface area contributed by atoms with Crippen LogP contribution in [0.2, 0.25) is 0 Å². The van der Waals surface area contributed by atoms with Gasteiger partial charge in [-0.25, -0.2) is 0 Å². The topological polar surface area (TPSA) is 44.0 Å². The second kappa shape index (κ2) is 3.80. The molecule has 0 saturated heterocycles. The first kappa shape index (κ1) is 12.5. The van der Waals surface area contributed by atoms with Crippen molar-refractivity contribution in [3.8, 4) is 6.07 Å². The van der Waals surface area contributed by atoms with E-state index in [0.29, 0.717) is 12.5 Å². The summed E-state index contributed by atoms with van der Waals surface area (Å²) >= 11 is 0. The summed E-state index contributed by atoms with van der Waals surface area (Å²) in [6.07, 6.45) is -4.77. The van der Waals surface area contributed by atoms with Gasteiger partial charge >= 0.3 is 6.18 Å². The fourth-order valence-corrected chi connectivity index (χ4v) is 1.37. The summed E-state index contributed by atoms with van der Waals surface area (Å²) in [5.41, 5.74) is -2.85. The maximum absolute atomic E-state index is 12.6. The lowest BCUT2D eigenvalue weighted by Crippen LogP contribution is -2.39. The van der Waals surface area contributed by atoms with Gasteiger partial charge in [0.05, 0.1) is 11.6 Å². The number of nitrogens with zero attached hydrogens (tertiary/aromatic N) is 1. The van der Waals surface area contributed by atoms with Crippen molar-refractivity contribution in [3.05, 3.63) is 34.9 Å². The Labute approximate surface area is 90.9 Å². The number of halogens is 3. The van der Waals surface area contributed by atoms with Crippen LogP contribution in [-0.4, -0.2) is 11.3 Å². The minimum absolute atomic E-state index is 0.0881. The van der Waals surface area contributed by atoms with Gasteiger partial charge in [0.15, 0.2) is 5.60 Å². The largest absolute Gasteiger partial charge is 0.421 e. The van der Waals surface area contributed by atoms with Gasteiger partial charge in [0, 0.05) is 0 Å². The van der Waals surface area contributed by atoms with Crippen LogP contribution < -0.4 is 0 Å². The highest BCUT2D eigenvalue weighted by molar-refractivity contribution is 5.41. The number of benzene rings is 1. The van der Waals surface area contributed by atoms with Crippen molar-refractivity contribution in [1.82, 2.24) is 0 Å². The molecule has 1 aromatic carbocycles. The predicted molar refractivity (Wildman–Crippen MR) is 51.5 cm³/mol. The molecule has 86 valence electrons. The number of nitriles is 1. The van der Waals surface area contributed by atoms with Crippen molar-refractivity contribution in [3.63, 3.8) is 0 Å². The highest BCUT2D eigenvalue weighted by Crippen LogP contribution is 2.39. The van der Waals surface area contributed by atoms with Gasteiger partial charge in [-0.2, -0.15) is 18.4 Å². The third-order valence-corrected chi connectivity index (χ3v) is 2.44. The highest BCUT2D eigenvalue weighted by Gasteiger charge is 2.51. The highest BCUT2D eigenvalue weighted by atomic mass is 19.4. The fraction of sp³-hybridized carbons (Fsp3) is 0.364. The van der Waals surface area contributed by atoms with Gasteiger partial charge in [-0.05, 0) is 37.1 Å². The van der Waals surface area contributed by atoms with Gasteiger partial charge in [0.1, 0.15) is 0 Å². The summed E-state index contributed by atoms with van der Waals surface area (Å²) in [4.78, 5) is 0. The average Bonchev–Trinajstić information content (AvgIpc) is 2.16. The maximum Gasteiger partial charge on any atom is 0.421 e. The van der Waals surface area contributed by atoms with Crippen LogP contribution in [0.25, 0.3) is 0 Å². The molecule has 1 N–H and O–H groups in total. The Morgan fingerprint density at radius 2 is 1.88 bits per heavy atom. The van der Waals surface area contributed by atoms with E-state index in [2.05, 4.69) is 0 Å². The lowest BCUT2D eigenvalue weighted by atomic mass is 9.90. The molecule has 0 aliphatic carbocycles. The lowest BCUT2D eigenvalue weighted by molar-refractivity contribution is -0.259. The Morgan fingerprint density at radius 1 is 1.31 bits per heavy atom. The molecule has 0 spiro atoms. The minimum Gasteiger partial charge on any atom is -0.376 e. The predicted octanol–water partition coefficient (Wildman–Crippen LogP) is 2.64. The van der Waals surface area contributed by atoms with Gasteiger partial charge in [-0.15, -0.1) is 0 Å². The number of hydrogen-bond donors (Lipinski definition) is 1. The summed E-state index contributed by atoms with van der Waals surface area (Å²) in [5.74, 6) is 0. The molecule has 0 heterocycles. The van der Waals surface area contributed by atoms with Crippen molar-refractivity contribution >= 4 is 0 Å².